The summed E-state index contributed by atoms with van der Waals surface area (Å²) in [6, 6.07) is 5.06. The van der Waals surface area contributed by atoms with Crippen LogP contribution in [0.2, 0.25) is 0 Å². The Morgan fingerprint density at radius 1 is 1.38 bits per heavy atom. The topological polar surface area (TPSA) is 21.3 Å². The van der Waals surface area contributed by atoms with E-state index in [1.807, 2.05) is 6.07 Å². The Kier molecular flexibility index (Phi) is 5.26. The van der Waals surface area contributed by atoms with Gasteiger partial charge in [0.15, 0.2) is 11.6 Å². The van der Waals surface area contributed by atoms with E-state index in [4.69, 9.17) is 4.74 Å². The Morgan fingerprint density at radius 2 is 2.12 bits per heavy atom. The lowest BCUT2D eigenvalue weighted by molar-refractivity contribution is 0.386. The van der Waals surface area contributed by atoms with Crippen LogP contribution in [0.1, 0.15) is 25.8 Å². The van der Waals surface area contributed by atoms with Crippen LogP contribution in [0.25, 0.3) is 0 Å². The average Bonchev–Trinajstić information content (AvgIpc) is 2.24. The van der Waals surface area contributed by atoms with Crippen molar-refractivity contribution in [2.45, 2.75) is 26.8 Å². The molecule has 90 valence electrons. The van der Waals surface area contributed by atoms with Gasteiger partial charge in [-0.2, -0.15) is 0 Å². The summed E-state index contributed by atoms with van der Waals surface area (Å²) >= 11 is 0. The first kappa shape index (κ1) is 13.0. The molecule has 0 spiro atoms. The van der Waals surface area contributed by atoms with Crippen molar-refractivity contribution < 1.29 is 9.13 Å². The number of methoxy groups -OCH3 is 1. The van der Waals surface area contributed by atoms with Crippen molar-refractivity contribution in [3.63, 3.8) is 0 Å². The van der Waals surface area contributed by atoms with Crippen LogP contribution in [0.4, 0.5) is 4.39 Å². The summed E-state index contributed by atoms with van der Waals surface area (Å²) in [5, 5.41) is 3.29. The lowest BCUT2D eigenvalue weighted by atomic mass is 10.1. The fourth-order valence-electron chi connectivity index (χ4n) is 1.44. The molecule has 16 heavy (non-hydrogen) atoms. The van der Waals surface area contributed by atoms with Crippen molar-refractivity contribution in [1.29, 1.82) is 0 Å². The number of halogens is 1. The van der Waals surface area contributed by atoms with Crippen LogP contribution >= 0.6 is 0 Å². The zero-order chi connectivity index (χ0) is 12.0. The molecule has 0 saturated heterocycles. The summed E-state index contributed by atoms with van der Waals surface area (Å²) in [5.41, 5.74) is 0.946. The highest BCUT2D eigenvalue weighted by molar-refractivity contribution is 5.29. The number of benzene rings is 1. The molecule has 0 amide bonds. The van der Waals surface area contributed by atoms with Crippen LogP contribution in [-0.2, 0) is 6.54 Å². The predicted octanol–water partition coefficient (Wildman–Crippen LogP) is 2.97. The molecule has 1 rings (SSSR count). The van der Waals surface area contributed by atoms with Crippen molar-refractivity contribution in [2.24, 2.45) is 5.92 Å². The van der Waals surface area contributed by atoms with Gasteiger partial charge < -0.3 is 10.1 Å². The average molecular weight is 225 g/mol. The van der Waals surface area contributed by atoms with E-state index in [9.17, 15) is 4.39 Å². The fraction of sp³-hybridized carbons (Fsp3) is 0.538. The summed E-state index contributed by atoms with van der Waals surface area (Å²) in [7, 11) is 1.47. The molecule has 0 saturated carbocycles. The summed E-state index contributed by atoms with van der Waals surface area (Å²) in [6.45, 7) is 6.04. The number of nitrogens with one attached hydrogen (secondary N) is 1. The van der Waals surface area contributed by atoms with E-state index in [1.165, 1.54) is 13.2 Å². The molecule has 0 aliphatic heterocycles. The highest BCUT2D eigenvalue weighted by Gasteiger charge is 2.02. The maximum absolute atomic E-state index is 13.3. The van der Waals surface area contributed by atoms with Crippen molar-refractivity contribution >= 4 is 0 Å². The predicted molar refractivity (Wildman–Crippen MR) is 64.1 cm³/mol. The highest BCUT2D eigenvalue weighted by atomic mass is 19.1. The molecule has 3 heteroatoms. The molecule has 0 aromatic heterocycles. The van der Waals surface area contributed by atoms with E-state index in [0.29, 0.717) is 18.2 Å². The van der Waals surface area contributed by atoms with E-state index in [0.717, 1.165) is 18.5 Å². The Labute approximate surface area is 96.8 Å². The molecule has 0 heterocycles. The molecule has 0 fully saturated rings. The third-order valence-corrected chi connectivity index (χ3v) is 2.44. The molecular formula is C13H20FNO. The van der Waals surface area contributed by atoms with E-state index < -0.39 is 0 Å². The van der Waals surface area contributed by atoms with Crippen molar-refractivity contribution in [3.05, 3.63) is 29.6 Å². The Morgan fingerprint density at radius 3 is 2.69 bits per heavy atom. The third kappa shape index (κ3) is 4.19. The molecule has 0 radical (unpaired) electrons. The molecule has 0 bridgehead atoms. The normalized spacial score (nSPS) is 10.8. The quantitative estimate of drug-likeness (QED) is 0.751. The van der Waals surface area contributed by atoms with E-state index in [1.54, 1.807) is 6.07 Å². The van der Waals surface area contributed by atoms with Crippen LogP contribution < -0.4 is 10.1 Å². The SMILES string of the molecule is COc1ccc(CNCCC(C)C)cc1F. The van der Waals surface area contributed by atoms with Gasteiger partial charge in [0, 0.05) is 6.54 Å². The van der Waals surface area contributed by atoms with Gasteiger partial charge >= 0.3 is 0 Å². The highest BCUT2D eigenvalue weighted by Crippen LogP contribution is 2.17. The molecule has 0 atom stereocenters. The molecule has 1 aromatic carbocycles. The maximum Gasteiger partial charge on any atom is 0.165 e. The summed E-state index contributed by atoms with van der Waals surface area (Å²) in [4.78, 5) is 0. The number of rotatable bonds is 6. The monoisotopic (exact) mass is 225 g/mol. The fourth-order valence-corrected chi connectivity index (χ4v) is 1.44. The maximum atomic E-state index is 13.3. The van der Waals surface area contributed by atoms with Gasteiger partial charge in [-0.05, 0) is 36.6 Å². The van der Waals surface area contributed by atoms with E-state index in [2.05, 4.69) is 19.2 Å². The second kappa shape index (κ2) is 6.48. The van der Waals surface area contributed by atoms with Gasteiger partial charge in [0.25, 0.3) is 0 Å². The first-order valence-corrected chi connectivity index (χ1v) is 5.66. The summed E-state index contributed by atoms with van der Waals surface area (Å²) in [5.74, 6) is 0.691. The van der Waals surface area contributed by atoms with Crippen molar-refractivity contribution in [3.8, 4) is 5.75 Å². The number of hydrogen-bond donors (Lipinski definition) is 1. The van der Waals surface area contributed by atoms with Gasteiger partial charge in [0.2, 0.25) is 0 Å². The molecule has 1 N–H and O–H groups in total. The number of ether oxygens (including phenoxy) is 1. The van der Waals surface area contributed by atoms with Crippen LogP contribution in [-0.4, -0.2) is 13.7 Å². The Balaban J connectivity index is 2.40. The van der Waals surface area contributed by atoms with Gasteiger partial charge in [-0.3, -0.25) is 0 Å². The summed E-state index contributed by atoms with van der Waals surface area (Å²) < 4.78 is 18.2. The van der Waals surface area contributed by atoms with Gasteiger partial charge in [-0.15, -0.1) is 0 Å². The zero-order valence-electron chi connectivity index (χ0n) is 10.2. The Hall–Kier alpha value is -1.09. The lowest BCUT2D eigenvalue weighted by Crippen LogP contribution is -2.16. The third-order valence-electron chi connectivity index (χ3n) is 2.44. The standard InChI is InChI=1S/C13H20FNO/c1-10(2)6-7-15-9-11-4-5-13(16-3)12(14)8-11/h4-5,8,10,15H,6-7,9H2,1-3H3. The molecule has 0 unspecified atom stereocenters. The van der Waals surface area contributed by atoms with Crippen LogP contribution in [0.3, 0.4) is 0 Å². The molecule has 2 nitrogen and oxygen atoms in total. The zero-order valence-corrected chi connectivity index (χ0v) is 10.2. The van der Waals surface area contributed by atoms with E-state index >= 15 is 0 Å². The first-order valence-electron chi connectivity index (χ1n) is 5.66. The van der Waals surface area contributed by atoms with Crippen LogP contribution in [0.15, 0.2) is 18.2 Å². The smallest absolute Gasteiger partial charge is 0.165 e. The van der Waals surface area contributed by atoms with Crippen LogP contribution in [0.5, 0.6) is 5.75 Å². The second-order valence-electron chi connectivity index (χ2n) is 4.33. The van der Waals surface area contributed by atoms with E-state index in [-0.39, 0.29) is 5.82 Å². The van der Waals surface area contributed by atoms with Gasteiger partial charge in [0.05, 0.1) is 7.11 Å². The lowest BCUT2D eigenvalue weighted by Gasteiger charge is -2.08. The number of hydrogen-bond acceptors (Lipinski definition) is 2. The molecule has 1 aromatic rings. The molecular weight excluding hydrogens is 205 g/mol. The minimum absolute atomic E-state index is 0.297. The summed E-state index contributed by atoms with van der Waals surface area (Å²) in [6.07, 6.45) is 1.14. The van der Waals surface area contributed by atoms with Gasteiger partial charge in [0.1, 0.15) is 0 Å². The van der Waals surface area contributed by atoms with Gasteiger partial charge in [-0.1, -0.05) is 19.9 Å². The van der Waals surface area contributed by atoms with Gasteiger partial charge in [-0.25, -0.2) is 4.39 Å². The van der Waals surface area contributed by atoms with Crippen molar-refractivity contribution in [1.82, 2.24) is 5.32 Å². The van der Waals surface area contributed by atoms with Crippen molar-refractivity contribution in [2.75, 3.05) is 13.7 Å². The Bertz CT molecular complexity index is 326. The largest absolute Gasteiger partial charge is 0.494 e. The minimum atomic E-state index is -0.300. The second-order valence-corrected chi connectivity index (χ2v) is 4.33. The molecule has 0 aliphatic rings. The molecule has 0 aliphatic carbocycles. The van der Waals surface area contributed by atoms with Crippen LogP contribution in [0, 0.1) is 11.7 Å². The first-order chi connectivity index (χ1) is 7.63. The minimum Gasteiger partial charge on any atom is -0.494 e.